The Hall–Kier alpha value is -6.38. The number of fused-ring (bicyclic) bond motifs is 6. The summed E-state index contributed by atoms with van der Waals surface area (Å²) in [5.41, 5.74) is 7.95. The van der Waals surface area contributed by atoms with Gasteiger partial charge in [0.1, 0.15) is 0 Å². The van der Waals surface area contributed by atoms with Gasteiger partial charge in [-0.3, -0.25) is 0 Å². The third kappa shape index (κ3) is 4.13. The van der Waals surface area contributed by atoms with Crippen LogP contribution in [0.1, 0.15) is 0 Å². The number of ether oxygens (including phenoxy) is 1. The number of hydrogen-bond donors (Lipinski definition) is 0. The monoisotopic (exact) mass is 611 g/mol. The highest BCUT2D eigenvalue weighted by Crippen LogP contribution is 2.52. The van der Waals surface area contributed by atoms with Crippen LogP contribution in [0.2, 0.25) is 0 Å². The Balaban J connectivity index is 1.36. The average Bonchev–Trinajstić information content (AvgIpc) is 3.14. The van der Waals surface area contributed by atoms with Crippen molar-refractivity contribution in [2.45, 2.75) is 0 Å². The zero-order chi connectivity index (χ0) is 31.6. The van der Waals surface area contributed by atoms with E-state index in [-0.39, 0.29) is 0 Å². The van der Waals surface area contributed by atoms with Crippen molar-refractivity contribution in [3.63, 3.8) is 0 Å². The second-order valence-electron chi connectivity index (χ2n) is 12.5. The van der Waals surface area contributed by atoms with Crippen LogP contribution in [0.25, 0.3) is 65.3 Å². The predicted molar refractivity (Wildman–Crippen MR) is 202 cm³/mol. The van der Waals surface area contributed by atoms with Gasteiger partial charge in [0.2, 0.25) is 0 Å². The van der Waals surface area contributed by atoms with Crippen LogP contribution in [0.5, 0.6) is 11.5 Å². The van der Waals surface area contributed by atoms with Gasteiger partial charge in [-0.05, 0) is 120 Å². The van der Waals surface area contributed by atoms with Gasteiger partial charge < -0.3 is 9.64 Å². The topological polar surface area (TPSA) is 12.5 Å². The highest BCUT2D eigenvalue weighted by molar-refractivity contribution is 6.16. The number of para-hydroxylation sites is 4. The van der Waals surface area contributed by atoms with E-state index in [1.165, 1.54) is 65.3 Å². The molecule has 0 fully saturated rings. The number of anilines is 3. The van der Waals surface area contributed by atoms with Crippen LogP contribution in [0, 0.1) is 0 Å². The molecule has 0 saturated carbocycles. The third-order valence-corrected chi connectivity index (χ3v) is 9.73. The molecule has 0 unspecified atom stereocenters. The Kier molecular flexibility index (Phi) is 5.91. The highest BCUT2D eigenvalue weighted by Gasteiger charge is 2.27. The number of benzene rings is 9. The first-order valence-electron chi connectivity index (χ1n) is 16.4. The maximum atomic E-state index is 6.45. The predicted octanol–water partition coefficient (Wildman–Crippen LogP) is 13.2. The molecular formula is C46H29NO. The fraction of sp³-hybridized carbons (Fsp3) is 0. The van der Waals surface area contributed by atoms with Crippen LogP contribution in [-0.4, -0.2) is 0 Å². The summed E-state index contributed by atoms with van der Waals surface area (Å²) in [4.78, 5) is 2.36. The van der Waals surface area contributed by atoms with Gasteiger partial charge in [0, 0.05) is 5.69 Å². The minimum absolute atomic E-state index is 0.842. The Morgan fingerprint density at radius 1 is 0.333 bits per heavy atom. The van der Waals surface area contributed by atoms with Crippen molar-refractivity contribution in [2.75, 3.05) is 4.90 Å². The van der Waals surface area contributed by atoms with Crippen molar-refractivity contribution in [2.24, 2.45) is 0 Å². The first-order chi connectivity index (χ1) is 23.8. The molecule has 0 radical (unpaired) electrons. The molecule has 1 heterocycles. The highest BCUT2D eigenvalue weighted by atomic mass is 16.5. The van der Waals surface area contributed by atoms with Crippen molar-refractivity contribution in [1.82, 2.24) is 0 Å². The van der Waals surface area contributed by atoms with E-state index >= 15 is 0 Å². The third-order valence-electron chi connectivity index (χ3n) is 9.73. The molecule has 0 amide bonds. The van der Waals surface area contributed by atoms with Gasteiger partial charge in [0.25, 0.3) is 0 Å². The van der Waals surface area contributed by atoms with Crippen molar-refractivity contribution < 1.29 is 4.74 Å². The largest absolute Gasteiger partial charge is 0.453 e. The Bertz CT molecular complexity index is 2430. The van der Waals surface area contributed by atoms with Crippen LogP contribution in [0.15, 0.2) is 176 Å². The summed E-state index contributed by atoms with van der Waals surface area (Å²) in [6.07, 6.45) is 0. The van der Waals surface area contributed by atoms with E-state index in [2.05, 4.69) is 169 Å². The Morgan fingerprint density at radius 3 is 1.10 bits per heavy atom. The standard InChI is InChI=1S/C46H29NO/c1-5-17-37-30(13-1)25-31-14-2-6-18-38(31)45(37)34-27-35(46-39-19-7-3-15-32(39)26-33-16-4-8-20-40(33)46)29-36(28-34)47-41-21-9-11-23-43(41)48-44-24-12-10-22-42(44)47/h1-29H. The second kappa shape index (κ2) is 10.6. The lowest BCUT2D eigenvalue weighted by atomic mass is 9.87. The van der Waals surface area contributed by atoms with E-state index in [0.717, 1.165) is 28.6 Å². The number of hydrogen-bond acceptors (Lipinski definition) is 2. The fourth-order valence-corrected chi connectivity index (χ4v) is 7.66. The summed E-state index contributed by atoms with van der Waals surface area (Å²) in [7, 11) is 0. The van der Waals surface area contributed by atoms with E-state index in [9.17, 15) is 0 Å². The van der Waals surface area contributed by atoms with Crippen LogP contribution in [0.3, 0.4) is 0 Å². The Labute approximate surface area is 278 Å². The SMILES string of the molecule is c1ccc2c(c1)Oc1ccccc1N2c1cc(-c2c3ccccc3cc3ccccc23)cc(-c2c3ccccc3cc3ccccc23)c1. The smallest absolute Gasteiger partial charge is 0.151 e. The second-order valence-corrected chi connectivity index (χ2v) is 12.5. The molecule has 2 heteroatoms. The molecule has 0 aromatic heterocycles. The average molecular weight is 612 g/mol. The van der Waals surface area contributed by atoms with Crippen LogP contribution < -0.4 is 9.64 Å². The molecule has 48 heavy (non-hydrogen) atoms. The zero-order valence-electron chi connectivity index (χ0n) is 26.1. The molecule has 0 aliphatic carbocycles. The zero-order valence-corrected chi connectivity index (χ0v) is 26.1. The summed E-state index contributed by atoms with van der Waals surface area (Å²) < 4.78 is 6.45. The van der Waals surface area contributed by atoms with E-state index in [1.807, 2.05) is 12.1 Å². The number of rotatable bonds is 3. The first-order valence-corrected chi connectivity index (χ1v) is 16.4. The van der Waals surface area contributed by atoms with Gasteiger partial charge in [-0.2, -0.15) is 0 Å². The number of nitrogens with zero attached hydrogens (tertiary/aromatic N) is 1. The van der Waals surface area contributed by atoms with E-state index < -0.39 is 0 Å². The lowest BCUT2D eigenvalue weighted by molar-refractivity contribution is 0.477. The molecule has 0 bridgehead atoms. The molecule has 0 saturated heterocycles. The summed E-state index contributed by atoms with van der Waals surface area (Å²) in [6, 6.07) is 63.5. The molecule has 10 rings (SSSR count). The van der Waals surface area contributed by atoms with Gasteiger partial charge in [0.15, 0.2) is 11.5 Å². The fourth-order valence-electron chi connectivity index (χ4n) is 7.66. The van der Waals surface area contributed by atoms with Gasteiger partial charge in [-0.15, -0.1) is 0 Å². The maximum Gasteiger partial charge on any atom is 0.151 e. The summed E-state index contributed by atoms with van der Waals surface area (Å²) in [6.45, 7) is 0. The maximum absolute atomic E-state index is 6.45. The summed E-state index contributed by atoms with van der Waals surface area (Å²) in [5, 5.41) is 9.89. The minimum atomic E-state index is 0.842. The van der Waals surface area contributed by atoms with Gasteiger partial charge in [0.05, 0.1) is 11.4 Å². The first kappa shape index (κ1) is 26.8. The summed E-state index contributed by atoms with van der Waals surface area (Å²) >= 11 is 0. The normalized spacial score (nSPS) is 12.3. The van der Waals surface area contributed by atoms with Gasteiger partial charge in [-0.1, -0.05) is 121 Å². The molecule has 0 N–H and O–H groups in total. The molecule has 9 aromatic carbocycles. The van der Waals surface area contributed by atoms with Crippen molar-refractivity contribution in [1.29, 1.82) is 0 Å². The molecule has 2 nitrogen and oxygen atoms in total. The van der Waals surface area contributed by atoms with Crippen molar-refractivity contribution in [3.05, 3.63) is 176 Å². The molecule has 0 atom stereocenters. The molecule has 1 aliphatic heterocycles. The molecule has 224 valence electrons. The summed E-state index contributed by atoms with van der Waals surface area (Å²) in [5.74, 6) is 1.68. The molecule has 0 spiro atoms. The van der Waals surface area contributed by atoms with Gasteiger partial charge >= 0.3 is 0 Å². The molecule has 1 aliphatic rings. The van der Waals surface area contributed by atoms with E-state index in [4.69, 9.17) is 4.74 Å². The van der Waals surface area contributed by atoms with Crippen molar-refractivity contribution >= 4 is 60.2 Å². The quantitative estimate of drug-likeness (QED) is 0.184. The van der Waals surface area contributed by atoms with Crippen LogP contribution in [-0.2, 0) is 0 Å². The van der Waals surface area contributed by atoms with Crippen molar-refractivity contribution in [3.8, 4) is 33.8 Å². The molecule has 9 aromatic rings. The lowest BCUT2D eigenvalue weighted by Gasteiger charge is -2.33. The van der Waals surface area contributed by atoms with Gasteiger partial charge in [-0.25, -0.2) is 0 Å². The van der Waals surface area contributed by atoms with Crippen LogP contribution >= 0.6 is 0 Å². The Morgan fingerprint density at radius 2 is 0.688 bits per heavy atom. The van der Waals surface area contributed by atoms with Crippen LogP contribution in [0.4, 0.5) is 17.1 Å². The lowest BCUT2D eigenvalue weighted by Crippen LogP contribution is -2.15. The van der Waals surface area contributed by atoms with E-state index in [0.29, 0.717) is 0 Å². The molecular weight excluding hydrogens is 583 g/mol. The minimum Gasteiger partial charge on any atom is -0.453 e. The van der Waals surface area contributed by atoms with E-state index in [1.54, 1.807) is 0 Å².